The van der Waals surface area contributed by atoms with Crippen molar-refractivity contribution in [1.29, 1.82) is 0 Å². The molecule has 0 spiro atoms. The predicted octanol–water partition coefficient (Wildman–Crippen LogP) is 3.41. The van der Waals surface area contributed by atoms with Crippen molar-refractivity contribution in [3.8, 4) is 0 Å². The zero-order valence-electron chi connectivity index (χ0n) is 14.2. The van der Waals surface area contributed by atoms with Crippen molar-refractivity contribution in [2.24, 2.45) is 5.92 Å². The van der Waals surface area contributed by atoms with Gasteiger partial charge >= 0.3 is 0 Å². The quantitative estimate of drug-likeness (QED) is 0.598. The number of anilines is 3. The number of benzene rings is 1. The van der Waals surface area contributed by atoms with Gasteiger partial charge in [0, 0.05) is 13.1 Å². The van der Waals surface area contributed by atoms with E-state index in [1.165, 1.54) is 6.07 Å². The highest BCUT2D eigenvalue weighted by Crippen LogP contribution is 2.24. The SMILES string of the molecule is C.CC(C)Cn1c(Nc2ccccc2F)nc2cnc(NCCO)nc21. The molecule has 3 N–H and O–H groups in total. The summed E-state index contributed by atoms with van der Waals surface area (Å²) in [4.78, 5) is 13.2. The average Bonchev–Trinajstić information content (AvgIpc) is 2.91. The number of aromatic nitrogens is 4. The van der Waals surface area contributed by atoms with Gasteiger partial charge in [0.1, 0.15) is 11.3 Å². The van der Waals surface area contributed by atoms with Crippen LogP contribution >= 0.6 is 0 Å². The van der Waals surface area contributed by atoms with Gasteiger partial charge in [-0.1, -0.05) is 33.4 Å². The van der Waals surface area contributed by atoms with E-state index in [1.807, 2.05) is 4.57 Å². The van der Waals surface area contributed by atoms with E-state index in [0.717, 1.165) is 0 Å². The molecule has 0 aliphatic heterocycles. The molecule has 2 aromatic heterocycles. The van der Waals surface area contributed by atoms with Crippen LogP contribution in [-0.2, 0) is 6.54 Å². The molecule has 0 fully saturated rings. The van der Waals surface area contributed by atoms with Gasteiger partial charge in [0.15, 0.2) is 5.65 Å². The number of fused-ring (bicyclic) bond motifs is 1. The first-order chi connectivity index (χ1) is 12.1. The van der Waals surface area contributed by atoms with Crippen LogP contribution < -0.4 is 10.6 Å². The number of nitrogens with one attached hydrogen (secondary N) is 2. The lowest BCUT2D eigenvalue weighted by Crippen LogP contribution is -2.11. The first-order valence-electron chi connectivity index (χ1n) is 8.18. The summed E-state index contributed by atoms with van der Waals surface area (Å²) < 4.78 is 15.9. The zero-order chi connectivity index (χ0) is 17.8. The van der Waals surface area contributed by atoms with Crippen molar-refractivity contribution < 1.29 is 9.50 Å². The molecule has 0 bridgehead atoms. The summed E-state index contributed by atoms with van der Waals surface area (Å²) in [6, 6.07) is 6.46. The lowest BCUT2D eigenvalue weighted by Gasteiger charge is -2.13. The fourth-order valence-corrected chi connectivity index (χ4v) is 2.49. The predicted molar refractivity (Wildman–Crippen MR) is 102 cm³/mol. The second-order valence-electron chi connectivity index (χ2n) is 6.10. The molecule has 0 aliphatic rings. The molecule has 8 heteroatoms. The van der Waals surface area contributed by atoms with Gasteiger partial charge in [-0.25, -0.2) is 14.4 Å². The van der Waals surface area contributed by atoms with Crippen LogP contribution in [0.5, 0.6) is 0 Å². The highest BCUT2D eigenvalue weighted by Gasteiger charge is 2.15. The number of hydrogen-bond acceptors (Lipinski definition) is 6. The van der Waals surface area contributed by atoms with E-state index in [1.54, 1.807) is 24.4 Å². The van der Waals surface area contributed by atoms with E-state index >= 15 is 0 Å². The molecule has 0 radical (unpaired) electrons. The van der Waals surface area contributed by atoms with Gasteiger partial charge in [-0.3, -0.25) is 4.57 Å². The second-order valence-corrected chi connectivity index (χ2v) is 6.10. The Labute approximate surface area is 152 Å². The Bertz CT molecular complexity index is 864. The molecule has 0 amide bonds. The number of aliphatic hydroxyl groups is 1. The Hall–Kier alpha value is -2.74. The van der Waals surface area contributed by atoms with E-state index in [2.05, 4.69) is 39.4 Å². The van der Waals surface area contributed by atoms with E-state index in [9.17, 15) is 4.39 Å². The molecule has 1 aromatic carbocycles. The smallest absolute Gasteiger partial charge is 0.224 e. The molecular formula is C18H25FN6O. The zero-order valence-corrected chi connectivity index (χ0v) is 14.2. The molecule has 0 atom stereocenters. The van der Waals surface area contributed by atoms with Crippen molar-refractivity contribution in [1.82, 2.24) is 19.5 Å². The number of rotatable bonds is 7. The number of halogens is 1. The topological polar surface area (TPSA) is 87.9 Å². The number of nitrogens with zero attached hydrogens (tertiary/aromatic N) is 4. The van der Waals surface area contributed by atoms with Crippen molar-refractivity contribution in [2.75, 3.05) is 23.8 Å². The van der Waals surface area contributed by atoms with Crippen LogP contribution in [0.4, 0.5) is 22.0 Å². The Morgan fingerprint density at radius 2 is 2.00 bits per heavy atom. The maximum atomic E-state index is 14.0. The van der Waals surface area contributed by atoms with Crippen LogP contribution in [-0.4, -0.2) is 37.8 Å². The summed E-state index contributed by atoms with van der Waals surface area (Å²) in [7, 11) is 0. The fourth-order valence-electron chi connectivity index (χ4n) is 2.49. The third kappa shape index (κ3) is 4.26. The molecule has 0 unspecified atom stereocenters. The van der Waals surface area contributed by atoms with Gasteiger partial charge in [-0.05, 0) is 18.1 Å². The first kappa shape index (κ1) is 19.6. The Balaban J connectivity index is 0.00000243. The first-order valence-corrected chi connectivity index (χ1v) is 8.18. The number of imidazole rings is 1. The number of aliphatic hydroxyl groups excluding tert-OH is 1. The molecule has 0 saturated carbocycles. The minimum atomic E-state index is -0.345. The molecule has 3 rings (SSSR count). The summed E-state index contributed by atoms with van der Waals surface area (Å²) in [5, 5.41) is 14.9. The summed E-state index contributed by atoms with van der Waals surface area (Å²) in [6.45, 7) is 5.20. The van der Waals surface area contributed by atoms with Crippen molar-refractivity contribution >= 4 is 28.7 Å². The van der Waals surface area contributed by atoms with Gasteiger partial charge < -0.3 is 15.7 Å². The van der Waals surface area contributed by atoms with Crippen molar-refractivity contribution in [3.63, 3.8) is 0 Å². The maximum absolute atomic E-state index is 14.0. The highest BCUT2D eigenvalue weighted by atomic mass is 19.1. The normalized spacial score (nSPS) is 10.8. The van der Waals surface area contributed by atoms with Crippen LogP contribution in [0.2, 0.25) is 0 Å². The third-order valence-corrected chi connectivity index (χ3v) is 3.55. The lowest BCUT2D eigenvalue weighted by molar-refractivity contribution is 0.311. The van der Waals surface area contributed by atoms with Crippen LogP contribution in [0.3, 0.4) is 0 Å². The van der Waals surface area contributed by atoms with Crippen molar-refractivity contribution in [3.05, 3.63) is 36.3 Å². The summed E-state index contributed by atoms with van der Waals surface area (Å²) in [5.41, 5.74) is 1.63. The van der Waals surface area contributed by atoms with Crippen molar-refractivity contribution in [2.45, 2.75) is 27.8 Å². The lowest BCUT2D eigenvalue weighted by atomic mass is 10.2. The van der Waals surface area contributed by atoms with Gasteiger partial charge in [-0.15, -0.1) is 0 Å². The monoisotopic (exact) mass is 360 g/mol. The molecule has 0 aliphatic carbocycles. The van der Waals surface area contributed by atoms with Gasteiger partial charge in [0.05, 0.1) is 18.5 Å². The van der Waals surface area contributed by atoms with Gasteiger partial charge in [-0.2, -0.15) is 4.98 Å². The standard InChI is InChI=1S/C17H21FN6O.CH4/c1-11(2)10-24-15-14(9-20-16(23-15)19-7-8-25)22-17(24)21-13-6-4-3-5-12(13)18;/h3-6,9,11,25H,7-8,10H2,1-2H3,(H,21,22)(H,19,20,23);1H4. The number of hydrogen-bond donors (Lipinski definition) is 3. The molecule has 0 saturated heterocycles. The molecular weight excluding hydrogens is 335 g/mol. The van der Waals surface area contributed by atoms with Gasteiger partial charge in [0.25, 0.3) is 0 Å². The number of para-hydroxylation sites is 1. The molecule has 140 valence electrons. The highest BCUT2D eigenvalue weighted by molar-refractivity contribution is 5.76. The van der Waals surface area contributed by atoms with E-state index in [-0.39, 0.29) is 19.9 Å². The maximum Gasteiger partial charge on any atom is 0.224 e. The Morgan fingerprint density at radius 3 is 2.69 bits per heavy atom. The van der Waals surface area contributed by atoms with Crippen LogP contribution in [0, 0.1) is 11.7 Å². The fraction of sp³-hybridized carbons (Fsp3) is 0.389. The van der Waals surface area contributed by atoms with Crippen LogP contribution in [0.25, 0.3) is 11.2 Å². The molecule has 3 aromatic rings. The summed E-state index contributed by atoms with van der Waals surface area (Å²) >= 11 is 0. The molecule has 7 nitrogen and oxygen atoms in total. The molecule has 26 heavy (non-hydrogen) atoms. The van der Waals surface area contributed by atoms with E-state index in [4.69, 9.17) is 5.11 Å². The van der Waals surface area contributed by atoms with E-state index in [0.29, 0.717) is 47.8 Å². The van der Waals surface area contributed by atoms with E-state index < -0.39 is 0 Å². The van der Waals surface area contributed by atoms with Crippen LogP contribution in [0.1, 0.15) is 21.3 Å². The Kier molecular flexibility index (Phi) is 6.46. The second kappa shape index (κ2) is 8.57. The average molecular weight is 360 g/mol. The van der Waals surface area contributed by atoms with Gasteiger partial charge in [0.2, 0.25) is 11.9 Å². The summed E-state index contributed by atoms with van der Waals surface area (Å²) in [6.07, 6.45) is 1.62. The summed E-state index contributed by atoms with van der Waals surface area (Å²) in [5.74, 6) is 0.940. The largest absolute Gasteiger partial charge is 0.395 e. The third-order valence-electron chi connectivity index (χ3n) is 3.55. The minimum absolute atomic E-state index is 0. The molecule has 2 heterocycles. The minimum Gasteiger partial charge on any atom is -0.395 e. The van der Waals surface area contributed by atoms with Crippen LogP contribution in [0.15, 0.2) is 30.5 Å². The Morgan fingerprint density at radius 1 is 1.23 bits per heavy atom.